The number of carbonyl (C=O) groups is 1. The molecule has 1 atom stereocenters. The molecular formula is C17H18ClF3N6O. The van der Waals surface area contributed by atoms with E-state index in [1.54, 1.807) is 12.4 Å². The standard InChI is InChI=1S/C17H18ClF3N6O/c1-16(2,15(28)25-8-17(19,20)21)27-12-3-4-22-14(26-12)11-7-24-13-10(11)5-9(18)6-23-13/h3-4,6-7,10H,5,8H2,1-2H3,(H,23,24)(H,25,28)(H,22,26,27). The minimum Gasteiger partial charge on any atom is -0.356 e. The lowest BCUT2D eigenvalue weighted by Gasteiger charge is -2.26. The Morgan fingerprint density at radius 3 is 2.86 bits per heavy atom. The van der Waals surface area contributed by atoms with E-state index >= 15 is 0 Å². The van der Waals surface area contributed by atoms with Crippen LogP contribution < -0.4 is 16.0 Å². The summed E-state index contributed by atoms with van der Waals surface area (Å²) >= 11 is 6.07. The molecule has 1 unspecified atom stereocenters. The van der Waals surface area contributed by atoms with Crippen LogP contribution in [0.2, 0.25) is 0 Å². The lowest BCUT2D eigenvalue weighted by Crippen LogP contribution is -2.50. The first-order chi connectivity index (χ1) is 13.0. The second kappa shape index (κ2) is 7.42. The number of aliphatic imine (C=N–C) groups is 1. The molecule has 7 nitrogen and oxygen atoms in total. The lowest BCUT2D eigenvalue weighted by molar-refractivity contribution is -0.140. The molecule has 0 aliphatic carbocycles. The van der Waals surface area contributed by atoms with Gasteiger partial charge in [0.1, 0.15) is 23.7 Å². The van der Waals surface area contributed by atoms with Gasteiger partial charge in [0, 0.05) is 29.2 Å². The zero-order valence-corrected chi connectivity index (χ0v) is 15.8. The summed E-state index contributed by atoms with van der Waals surface area (Å²) in [6.07, 6.45) is 0.909. The minimum atomic E-state index is -4.48. The van der Waals surface area contributed by atoms with Gasteiger partial charge in [-0.05, 0) is 26.3 Å². The molecule has 0 aromatic carbocycles. The van der Waals surface area contributed by atoms with Gasteiger partial charge in [-0.2, -0.15) is 13.2 Å². The van der Waals surface area contributed by atoms with Crippen molar-refractivity contribution in [3.05, 3.63) is 35.5 Å². The van der Waals surface area contributed by atoms with Crippen LogP contribution in [0.3, 0.4) is 0 Å². The second-order valence-electron chi connectivity index (χ2n) is 6.90. The number of aromatic nitrogens is 2. The largest absolute Gasteiger partial charge is 0.405 e. The molecule has 150 valence electrons. The van der Waals surface area contributed by atoms with Crippen LogP contribution in [0.4, 0.5) is 19.0 Å². The zero-order valence-electron chi connectivity index (χ0n) is 15.1. The van der Waals surface area contributed by atoms with E-state index in [4.69, 9.17) is 11.6 Å². The molecule has 1 amide bonds. The molecule has 0 spiro atoms. The fraction of sp³-hybridized carbons (Fsp3) is 0.412. The second-order valence-corrected chi connectivity index (χ2v) is 7.39. The maximum atomic E-state index is 12.3. The van der Waals surface area contributed by atoms with Gasteiger partial charge in [0.05, 0.1) is 5.92 Å². The highest BCUT2D eigenvalue weighted by Gasteiger charge is 2.34. The number of anilines is 1. The Hall–Kier alpha value is -2.62. The summed E-state index contributed by atoms with van der Waals surface area (Å²) in [6, 6.07) is 1.54. The number of allylic oxidation sites excluding steroid dienone is 1. The van der Waals surface area contributed by atoms with Crippen LogP contribution in [0.5, 0.6) is 0 Å². The monoisotopic (exact) mass is 414 g/mol. The van der Waals surface area contributed by atoms with Crippen LogP contribution in [-0.2, 0) is 4.79 Å². The summed E-state index contributed by atoms with van der Waals surface area (Å²) in [7, 11) is 0. The molecule has 2 aliphatic rings. The van der Waals surface area contributed by atoms with Gasteiger partial charge >= 0.3 is 6.18 Å². The van der Waals surface area contributed by atoms with Gasteiger partial charge in [0.15, 0.2) is 5.82 Å². The average Bonchev–Trinajstić information content (AvgIpc) is 3.01. The van der Waals surface area contributed by atoms with E-state index in [9.17, 15) is 18.0 Å². The predicted molar refractivity (Wildman–Crippen MR) is 99.4 cm³/mol. The summed E-state index contributed by atoms with van der Waals surface area (Å²) in [5.41, 5.74) is -0.532. The lowest BCUT2D eigenvalue weighted by atomic mass is 9.95. The van der Waals surface area contributed by atoms with Crippen LogP contribution in [-0.4, -0.2) is 40.0 Å². The molecule has 0 saturated carbocycles. The number of amides is 1. The third kappa shape index (κ3) is 4.61. The van der Waals surface area contributed by atoms with E-state index in [1.165, 1.54) is 26.1 Å². The highest BCUT2D eigenvalue weighted by atomic mass is 35.5. The summed E-state index contributed by atoms with van der Waals surface area (Å²) in [5, 5.41) is 8.39. The number of fused-ring (bicyclic) bond motifs is 1. The van der Waals surface area contributed by atoms with Crippen molar-refractivity contribution in [2.45, 2.75) is 32.0 Å². The normalized spacial score (nSPS) is 19.1. The smallest absolute Gasteiger partial charge is 0.356 e. The van der Waals surface area contributed by atoms with Gasteiger partial charge in [-0.3, -0.25) is 4.79 Å². The van der Waals surface area contributed by atoms with E-state index < -0.39 is 24.2 Å². The van der Waals surface area contributed by atoms with Gasteiger partial charge < -0.3 is 16.0 Å². The third-order valence-electron chi connectivity index (χ3n) is 4.20. The molecule has 1 aromatic heterocycles. The fourth-order valence-corrected chi connectivity index (χ4v) is 2.99. The Bertz CT molecular complexity index is 878. The van der Waals surface area contributed by atoms with Crippen LogP contribution in [0, 0.1) is 5.92 Å². The van der Waals surface area contributed by atoms with E-state index in [-0.39, 0.29) is 5.92 Å². The fourth-order valence-electron chi connectivity index (χ4n) is 2.79. The molecule has 3 rings (SSSR count). The maximum Gasteiger partial charge on any atom is 0.405 e. The van der Waals surface area contributed by atoms with Crippen LogP contribution >= 0.6 is 11.6 Å². The molecule has 28 heavy (non-hydrogen) atoms. The molecule has 3 N–H and O–H groups in total. The first kappa shape index (κ1) is 20.1. The topological polar surface area (TPSA) is 91.3 Å². The highest BCUT2D eigenvalue weighted by Crippen LogP contribution is 2.34. The van der Waals surface area contributed by atoms with Gasteiger partial charge in [0.25, 0.3) is 0 Å². The molecule has 0 saturated heterocycles. The summed E-state index contributed by atoms with van der Waals surface area (Å²) in [4.78, 5) is 25.0. The van der Waals surface area contributed by atoms with Gasteiger partial charge in [0.2, 0.25) is 5.91 Å². The number of carbonyl (C=O) groups excluding carboxylic acids is 1. The number of nitrogens with one attached hydrogen (secondary N) is 3. The Kier molecular flexibility index (Phi) is 5.33. The van der Waals surface area contributed by atoms with Crippen molar-refractivity contribution < 1.29 is 18.0 Å². The Labute approximate surface area is 164 Å². The SMILES string of the molecule is CC(C)(Nc1ccnc(C2=CNC3=NC=C(Cl)CC23)n1)C(=O)NCC(F)(F)F. The Morgan fingerprint density at radius 1 is 1.39 bits per heavy atom. The van der Waals surface area contributed by atoms with Crippen LogP contribution in [0.1, 0.15) is 26.1 Å². The zero-order chi connectivity index (χ0) is 20.5. The van der Waals surface area contributed by atoms with Crippen molar-refractivity contribution in [3.63, 3.8) is 0 Å². The molecule has 0 bridgehead atoms. The van der Waals surface area contributed by atoms with Crippen molar-refractivity contribution in [3.8, 4) is 0 Å². The average molecular weight is 415 g/mol. The summed E-state index contributed by atoms with van der Waals surface area (Å²) in [6.45, 7) is 1.53. The maximum absolute atomic E-state index is 12.3. The molecule has 0 radical (unpaired) electrons. The van der Waals surface area contributed by atoms with Gasteiger partial charge in [-0.15, -0.1) is 0 Å². The number of alkyl halides is 3. The van der Waals surface area contributed by atoms with E-state index in [0.717, 1.165) is 11.4 Å². The molecule has 1 aromatic rings. The first-order valence-corrected chi connectivity index (χ1v) is 8.78. The number of nitrogens with zero attached hydrogens (tertiary/aromatic N) is 3. The van der Waals surface area contributed by atoms with Crippen LogP contribution in [0.15, 0.2) is 34.7 Å². The molecule has 0 fully saturated rings. The number of amidine groups is 1. The summed E-state index contributed by atoms with van der Waals surface area (Å²) in [5.74, 6) is 0.556. The van der Waals surface area contributed by atoms with E-state index in [1.807, 2.05) is 5.32 Å². The van der Waals surface area contributed by atoms with Crippen molar-refractivity contribution in [2.24, 2.45) is 10.9 Å². The number of hydrogen-bond donors (Lipinski definition) is 3. The number of rotatable bonds is 5. The van der Waals surface area contributed by atoms with Crippen LogP contribution in [0.25, 0.3) is 5.57 Å². The van der Waals surface area contributed by atoms with Gasteiger partial charge in [-0.1, -0.05) is 11.6 Å². The Balaban J connectivity index is 1.73. The number of hydrogen-bond acceptors (Lipinski definition) is 6. The number of halogens is 4. The molecule has 3 heterocycles. The Morgan fingerprint density at radius 2 is 2.14 bits per heavy atom. The predicted octanol–water partition coefficient (Wildman–Crippen LogP) is 2.79. The quantitative estimate of drug-likeness (QED) is 0.689. The van der Waals surface area contributed by atoms with E-state index in [0.29, 0.717) is 23.1 Å². The highest BCUT2D eigenvalue weighted by molar-refractivity contribution is 6.30. The van der Waals surface area contributed by atoms with Crippen molar-refractivity contribution in [1.29, 1.82) is 0 Å². The minimum absolute atomic E-state index is 0.101. The molecule has 11 heteroatoms. The molecular weight excluding hydrogens is 397 g/mol. The van der Waals surface area contributed by atoms with E-state index in [2.05, 4.69) is 25.6 Å². The van der Waals surface area contributed by atoms with Crippen molar-refractivity contribution in [1.82, 2.24) is 20.6 Å². The van der Waals surface area contributed by atoms with Crippen molar-refractivity contribution in [2.75, 3.05) is 11.9 Å². The first-order valence-electron chi connectivity index (χ1n) is 8.41. The molecule has 2 aliphatic heterocycles. The summed E-state index contributed by atoms with van der Waals surface area (Å²) < 4.78 is 37.0. The third-order valence-corrected chi connectivity index (χ3v) is 4.45. The van der Waals surface area contributed by atoms with Gasteiger partial charge in [-0.25, -0.2) is 15.0 Å². The van der Waals surface area contributed by atoms with Crippen molar-refractivity contribution >= 4 is 34.7 Å².